The zero-order valence-electron chi connectivity index (χ0n) is 15.2. The highest BCUT2D eigenvalue weighted by Crippen LogP contribution is 2.41. The van der Waals surface area contributed by atoms with Crippen LogP contribution in [0.2, 0.25) is 0 Å². The summed E-state index contributed by atoms with van der Waals surface area (Å²) in [6, 6.07) is 10.2. The summed E-state index contributed by atoms with van der Waals surface area (Å²) in [4.78, 5) is 13.5. The molecule has 27 heavy (non-hydrogen) atoms. The molecule has 1 saturated carbocycles. The van der Waals surface area contributed by atoms with Crippen LogP contribution in [0.1, 0.15) is 34.9 Å². The van der Waals surface area contributed by atoms with Gasteiger partial charge in [0, 0.05) is 39.5 Å². The number of rotatable bonds is 3. The fourth-order valence-corrected chi connectivity index (χ4v) is 4.42. The molecule has 6 heteroatoms. The van der Waals surface area contributed by atoms with Gasteiger partial charge in [-0.05, 0) is 49.6 Å². The fraction of sp³-hybridized carbons (Fsp3) is 0.333. The van der Waals surface area contributed by atoms with Crippen LogP contribution in [-0.2, 0) is 6.54 Å². The first-order valence-electron chi connectivity index (χ1n) is 9.30. The highest BCUT2D eigenvalue weighted by atomic mass is 32.1. The van der Waals surface area contributed by atoms with Crippen LogP contribution >= 0.6 is 11.3 Å². The molecule has 5 rings (SSSR count). The van der Waals surface area contributed by atoms with Gasteiger partial charge < -0.3 is 14.7 Å². The Bertz CT molecular complexity index is 997. The smallest absolute Gasteiger partial charge is 0.166 e. The van der Waals surface area contributed by atoms with E-state index in [0.717, 1.165) is 34.1 Å². The number of aryl methyl sites for hydroxylation is 1. The van der Waals surface area contributed by atoms with Crippen LogP contribution in [-0.4, -0.2) is 28.2 Å². The predicted molar refractivity (Wildman–Crippen MR) is 107 cm³/mol. The van der Waals surface area contributed by atoms with Crippen LogP contribution in [0.4, 0.5) is 5.82 Å². The van der Waals surface area contributed by atoms with Gasteiger partial charge in [-0.2, -0.15) is 0 Å². The van der Waals surface area contributed by atoms with E-state index < -0.39 is 0 Å². The molecule has 0 spiro atoms. The van der Waals surface area contributed by atoms with E-state index in [2.05, 4.69) is 46.1 Å². The van der Waals surface area contributed by atoms with Gasteiger partial charge in [0.05, 0.1) is 6.54 Å². The van der Waals surface area contributed by atoms with E-state index >= 15 is 0 Å². The van der Waals surface area contributed by atoms with Crippen molar-refractivity contribution in [2.45, 2.75) is 32.2 Å². The van der Waals surface area contributed by atoms with Crippen molar-refractivity contribution >= 4 is 17.2 Å². The Kier molecular flexibility index (Phi) is 4.01. The number of anilines is 1. The summed E-state index contributed by atoms with van der Waals surface area (Å²) in [5.41, 5.74) is 3.15. The quantitative estimate of drug-likeness (QED) is 0.726. The molecule has 3 aromatic rings. The Morgan fingerprint density at radius 3 is 2.85 bits per heavy atom. The van der Waals surface area contributed by atoms with Crippen molar-refractivity contribution in [3.05, 3.63) is 52.8 Å². The molecule has 1 aromatic carbocycles. The van der Waals surface area contributed by atoms with E-state index in [0.29, 0.717) is 24.8 Å². The lowest BCUT2D eigenvalue weighted by molar-refractivity contribution is 0.311. The highest BCUT2D eigenvalue weighted by molar-refractivity contribution is 7.15. The Hall–Kier alpha value is -2.60. The molecule has 0 radical (unpaired) electrons. The molecule has 2 aromatic heterocycles. The molecule has 3 heterocycles. The average Bonchev–Trinajstić information content (AvgIpc) is 3.46. The second-order valence-electron chi connectivity index (χ2n) is 7.24. The van der Waals surface area contributed by atoms with E-state index in [4.69, 9.17) is 4.74 Å². The zero-order valence-corrected chi connectivity index (χ0v) is 16.0. The number of aromatic nitrogens is 2. The van der Waals surface area contributed by atoms with Gasteiger partial charge in [-0.3, -0.25) is 0 Å². The lowest BCUT2D eigenvalue weighted by Crippen LogP contribution is -2.26. The molecule has 0 bridgehead atoms. The second kappa shape index (κ2) is 6.53. The molecule has 0 unspecified atom stereocenters. The molecule has 138 valence electrons. The topological polar surface area (TPSA) is 58.5 Å². The first kappa shape index (κ1) is 16.6. The SMILES string of the molecule is Cc1ccc(-c2cc(O)c3c(c2)CN(c2cc(C4CC4)ncn2)CCO3)s1. The Balaban J connectivity index is 1.50. The highest BCUT2D eigenvalue weighted by Gasteiger charge is 2.27. The van der Waals surface area contributed by atoms with Gasteiger partial charge in [0.1, 0.15) is 18.8 Å². The minimum atomic E-state index is 0.205. The molecule has 0 amide bonds. The average molecular weight is 379 g/mol. The maximum absolute atomic E-state index is 10.5. The molecule has 1 fully saturated rings. The largest absolute Gasteiger partial charge is 0.504 e. The first-order chi connectivity index (χ1) is 13.2. The predicted octanol–water partition coefficient (Wildman–Crippen LogP) is 4.50. The normalized spacial score (nSPS) is 16.6. The Labute approximate surface area is 162 Å². The van der Waals surface area contributed by atoms with Crippen molar-refractivity contribution in [3.63, 3.8) is 0 Å². The van der Waals surface area contributed by atoms with Gasteiger partial charge in [0.2, 0.25) is 0 Å². The first-order valence-corrected chi connectivity index (χ1v) is 10.1. The third-order valence-corrected chi connectivity index (χ3v) is 6.18. The molecule has 1 N–H and O–H groups in total. The van der Waals surface area contributed by atoms with Crippen molar-refractivity contribution in [1.82, 2.24) is 9.97 Å². The molecule has 1 aliphatic carbocycles. The van der Waals surface area contributed by atoms with E-state index in [9.17, 15) is 5.11 Å². The second-order valence-corrected chi connectivity index (χ2v) is 8.53. The number of hydrogen-bond donors (Lipinski definition) is 1. The summed E-state index contributed by atoms with van der Waals surface area (Å²) in [5.74, 6) is 2.32. The van der Waals surface area contributed by atoms with E-state index in [-0.39, 0.29) is 5.75 Å². The standard InChI is InChI=1S/C21H21N3O2S/c1-13-2-5-19(27-13)15-8-16-11-24(6-7-26-21(16)18(25)9-15)20-10-17(14-3-4-14)22-12-23-20/h2,5,8-10,12,14,25H,3-4,6-7,11H2,1H3. The third kappa shape index (κ3) is 3.25. The number of nitrogens with zero attached hydrogens (tertiary/aromatic N) is 3. The van der Waals surface area contributed by atoms with Gasteiger partial charge in [-0.15, -0.1) is 11.3 Å². The molecular weight excluding hydrogens is 358 g/mol. The molecule has 5 nitrogen and oxygen atoms in total. The van der Waals surface area contributed by atoms with Crippen molar-refractivity contribution in [2.24, 2.45) is 0 Å². The van der Waals surface area contributed by atoms with Crippen molar-refractivity contribution in [3.8, 4) is 21.9 Å². The number of phenolic OH excluding ortho intramolecular Hbond substituents is 1. The van der Waals surface area contributed by atoms with Crippen LogP contribution in [0.5, 0.6) is 11.5 Å². The Morgan fingerprint density at radius 1 is 1.19 bits per heavy atom. The van der Waals surface area contributed by atoms with Gasteiger partial charge >= 0.3 is 0 Å². The van der Waals surface area contributed by atoms with E-state index in [1.54, 1.807) is 23.7 Å². The van der Waals surface area contributed by atoms with Gasteiger partial charge in [0.25, 0.3) is 0 Å². The summed E-state index contributed by atoms with van der Waals surface area (Å²) in [6.45, 7) is 3.99. The van der Waals surface area contributed by atoms with Crippen LogP contribution in [0, 0.1) is 6.92 Å². The van der Waals surface area contributed by atoms with Crippen LogP contribution < -0.4 is 9.64 Å². The van der Waals surface area contributed by atoms with Crippen LogP contribution in [0.3, 0.4) is 0 Å². The maximum atomic E-state index is 10.5. The van der Waals surface area contributed by atoms with Crippen LogP contribution in [0.25, 0.3) is 10.4 Å². The fourth-order valence-electron chi connectivity index (χ4n) is 3.56. The lowest BCUT2D eigenvalue weighted by Gasteiger charge is -2.21. The number of aromatic hydroxyl groups is 1. The summed E-state index contributed by atoms with van der Waals surface area (Å²) in [7, 11) is 0. The van der Waals surface area contributed by atoms with Crippen molar-refractivity contribution in [1.29, 1.82) is 0 Å². The lowest BCUT2D eigenvalue weighted by atomic mass is 10.1. The molecule has 2 aliphatic rings. The summed E-state index contributed by atoms with van der Waals surface area (Å²) < 4.78 is 5.89. The number of phenols is 1. The maximum Gasteiger partial charge on any atom is 0.166 e. The van der Waals surface area contributed by atoms with E-state index in [1.807, 2.05) is 0 Å². The zero-order chi connectivity index (χ0) is 18.4. The number of fused-ring (bicyclic) bond motifs is 1. The monoisotopic (exact) mass is 379 g/mol. The summed E-state index contributed by atoms with van der Waals surface area (Å²) >= 11 is 1.73. The summed E-state index contributed by atoms with van der Waals surface area (Å²) in [5, 5.41) is 10.5. The number of thiophene rings is 1. The molecule has 0 atom stereocenters. The minimum absolute atomic E-state index is 0.205. The van der Waals surface area contributed by atoms with Crippen molar-refractivity contribution < 1.29 is 9.84 Å². The summed E-state index contributed by atoms with van der Waals surface area (Å²) in [6.07, 6.45) is 4.11. The number of hydrogen-bond acceptors (Lipinski definition) is 6. The molecular formula is C21H21N3O2S. The van der Waals surface area contributed by atoms with Gasteiger partial charge in [-0.25, -0.2) is 9.97 Å². The molecule has 1 aliphatic heterocycles. The third-order valence-electron chi connectivity index (χ3n) is 5.13. The van der Waals surface area contributed by atoms with E-state index in [1.165, 1.54) is 17.7 Å². The molecule has 0 saturated heterocycles. The Morgan fingerprint density at radius 2 is 2.07 bits per heavy atom. The number of benzene rings is 1. The van der Waals surface area contributed by atoms with Gasteiger partial charge in [0.15, 0.2) is 11.5 Å². The van der Waals surface area contributed by atoms with Crippen LogP contribution in [0.15, 0.2) is 36.7 Å². The van der Waals surface area contributed by atoms with Gasteiger partial charge in [-0.1, -0.05) is 0 Å². The van der Waals surface area contributed by atoms with Crippen molar-refractivity contribution in [2.75, 3.05) is 18.1 Å². The number of ether oxygens (including phenoxy) is 1. The minimum Gasteiger partial charge on any atom is -0.504 e.